The second-order valence-corrected chi connectivity index (χ2v) is 19.3. The Morgan fingerprint density at radius 2 is 1.57 bits per heavy atom. The molecule has 0 spiro atoms. The van der Waals surface area contributed by atoms with Gasteiger partial charge in [0.15, 0.2) is 12.6 Å². The van der Waals surface area contributed by atoms with Crippen LogP contribution in [0.5, 0.6) is 0 Å². The van der Waals surface area contributed by atoms with E-state index in [2.05, 4.69) is 67.5 Å². The van der Waals surface area contributed by atoms with E-state index in [0.29, 0.717) is 6.42 Å². The molecule has 7 N–H and O–H groups in total. The predicted octanol–water partition coefficient (Wildman–Crippen LogP) is 3.22. The van der Waals surface area contributed by atoms with Gasteiger partial charge in [-0.3, -0.25) is 0 Å². The topological polar surface area (TPSA) is 188 Å². The third kappa shape index (κ3) is 6.89. The normalized spacial score (nSPS) is 50.7. The lowest BCUT2D eigenvalue weighted by Gasteiger charge is -2.67. The molecule has 4 aliphatic carbocycles. The Morgan fingerprint density at radius 1 is 0.889 bits per heavy atom. The van der Waals surface area contributed by atoms with Crippen molar-refractivity contribution in [1.82, 2.24) is 0 Å². The van der Waals surface area contributed by atoms with E-state index in [1.807, 2.05) is 0 Å². The van der Waals surface area contributed by atoms with Gasteiger partial charge in [-0.2, -0.15) is 0 Å². The van der Waals surface area contributed by atoms with Crippen molar-refractivity contribution in [3.05, 3.63) is 23.3 Å². The number of methoxy groups -OCH3 is 1. The molecule has 0 bridgehead atoms. The highest BCUT2D eigenvalue weighted by atomic mass is 16.7. The van der Waals surface area contributed by atoms with Gasteiger partial charge in [0.1, 0.15) is 42.7 Å². The van der Waals surface area contributed by atoms with Crippen LogP contribution in [-0.4, -0.2) is 130 Å². The molecule has 0 amide bonds. The molecule has 2 saturated heterocycles. The average Bonchev–Trinajstić information content (AvgIpc) is 3.34. The van der Waals surface area contributed by atoms with Gasteiger partial charge in [0, 0.05) is 18.4 Å². The third-order valence-corrected chi connectivity index (χ3v) is 15.7. The van der Waals surface area contributed by atoms with Crippen LogP contribution in [0.1, 0.15) is 100 Å². The lowest BCUT2D eigenvalue weighted by molar-refractivity contribution is -0.315. The molecule has 12 heteroatoms. The molecular weight excluding hydrogens is 696 g/mol. The van der Waals surface area contributed by atoms with Crippen LogP contribution in [-0.2, 0) is 23.7 Å². The lowest BCUT2D eigenvalue weighted by atomic mass is 9.38. The minimum atomic E-state index is -1.51. The van der Waals surface area contributed by atoms with E-state index in [0.717, 1.165) is 38.5 Å². The van der Waals surface area contributed by atoms with Crippen LogP contribution in [0.25, 0.3) is 0 Å². The molecule has 6 rings (SSSR count). The first-order valence-corrected chi connectivity index (χ1v) is 20.4. The molecule has 0 aromatic heterocycles. The number of aliphatic hydroxyl groups is 7. The molecule has 2 heterocycles. The van der Waals surface area contributed by atoms with Crippen LogP contribution >= 0.6 is 0 Å². The molecule has 12 nitrogen and oxygen atoms in total. The van der Waals surface area contributed by atoms with E-state index >= 15 is 0 Å². The first-order chi connectivity index (χ1) is 25.3. The zero-order chi connectivity index (χ0) is 39.7. The van der Waals surface area contributed by atoms with Crippen LogP contribution < -0.4 is 0 Å². The van der Waals surface area contributed by atoms with Gasteiger partial charge < -0.3 is 59.4 Å². The Hall–Kier alpha value is -1.00. The van der Waals surface area contributed by atoms with Crippen molar-refractivity contribution in [2.24, 2.45) is 45.3 Å². The van der Waals surface area contributed by atoms with Crippen molar-refractivity contribution in [2.45, 2.75) is 174 Å². The Balaban J connectivity index is 1.34. The van der Waals surface area contributed by atoms with Crippen LogP contribution in [0.15, 0.2) is 23.3 Å². The number of ether oxygens (including phenoxy) is 5. The molecule has 0 radical (unpaired) electrons. The number of fused-ring (bicyclic) bond motifs is 5. The Labute approximate surface area is 321 Å². The van der Waals surface area contributed by atoms with Crippen LogP contribution in [0.4, 0.5) is 0 Å². The zero-order valence-electron chi connectivity index (χ0n) is 33.9. The molecule has 2 aliphatic heterocycles. The molecule has 54 heavy (non-hydrogen) atoms. The van der Waals surface area contributed by atoms with Crippen LogP contribution in [0, 0.1) is 45.3 Å². The van der Waals surface area contributed by atoms with Gasteiger partial charge in [-0.05, 0) is 92.8 Å². The maximum Gasteiger partial charge on any atom is 0.186 e. The minimum absolute atomic E-state index is 0.0873. The second-order valence-electron chi connectivity index (χ2n) is 19.3. The number of aliphatic hydroxyl groups excluding tert-OH is 7. The molecule has 5 unspecified atom stereocenters. The largest absolute Gasteiger partial charge is 0.394 e. The summed E-state index contributed by atoms with van der Waals surface area (Å²) in [6.45, 7) is 17.6. The van der Waals surface area contributed by atoms with Crippen molar-refractivity contribution in [3.63, 3.8) is 0 Å². The summed E-state index contributed by atoms with van der Waals surface area (Å²) in [6.07, 6.45) is -1.70. The average molecular weight is 767 g/mol. The quantitative estimate of drug-likeness (QED) is 0.161. The standard InChI is InChI=1S/C42H70O12/c1-21(2)11-10-12-22(3)30-27(52-38-35(49)33(47)32(46)28(19-43)53-38)18-42(8)36-26(50-9)17-24-23(40(36,6)15-16-41(30,42)7)13-14-29(39(24,4)5)54-37-34(48)31(45)25(44)20-51-37/h11,17,22-23,25-38,43-49H,10,12-16,18-20H2,1-9H3/t22?,23-,25+,26?,27-,28+,29?,30?,31-,32+,33+,34+,35+,36?,37-,38+,40-,41+,42-/m0/s1. The molecule has 19 atom stereocenters. The minimum Gasteiger partial charge on any atom is -0.394 e. The van der Waals surface area contributed by atoms with E-state index in [1.165, 1.54) is 11.1 Å². The van der Waals surface area contributed by atoms with Gasteiger partial charge in [-0.25, -0.2) is 0 Å². The Bertz CT molecular complexity index is 1380. The van der Waals surface area contributed by atoms with E-state index in [1.54, 1.807) is 7.11 Å². The fourth-order valence-corrected chi connectivity index (χ4v) is 12.6. The van der Waals surface area contributed by atoms with Crippen molar-refractivity contribution in [2.75, 3.05) is 20.3 Å². The maximum absolute atomic E-state index is 11.1. The molecular formula is C42H70O12. The summed E-state index contributed by atoms with van der Waals surface area (Å²) in [5, 5.41) is 73.4. The van der Waals surface area contributed by atoms with Crippen molar-refractivity contribution in [1.29, 1.82) is 0 Å². The van der Waals surface area contributed by atoms with Gasteiger partial charge in [0.25, 0.3) is 0 Å². The number of hydrogen-bond donors (Lipinski definition) is 7. The van der Waals surface area contributed by atoms with Crippen molar-refractivity contribution in [3.8, 4) is 0 Å². The monoisotopic (exact) mass is 766 g/mol. The van der Waals surface area contributed by atoms with Crippen LogP contribution in [0.2, 0.25) is 0 Å². The van der Waals surface area contributed by atoms with Gasteiger partial charge in [0.05, 0.1) is 31.5 Å². The first kappa shape index (κ1) is 42.6. The van der Waals surface area contributed by atoms with Gasteiger partial charge in [-0.15, -0.1) is 0 Å². The molecule has 310 valence electrons. The number of hydrogen-bond acceptors (Lipinski definition) is 12. The highest BCUT2D eigenvalue weighted by Gasteiger charge is 2.72. The highest BCUT2D eigenvalue weighted by molar-refractivity contribution is 5.33. The highest BCUT2D eigenvalue weighted by Crippen LogP contribution is 2.75. The predicted molar refractivity (Wildman–Crippen MR) is 200 cm³/mol. The lowest BCUT2D eigenvalue weighted by Crippen LogP contribution is -2.63. The summed E-state index contributed by atoms with van der Waals surface area (Å²) in [6, 6.07) is 0. The first-order valence-electron chi connectivity index (χ1n) is 20.4. The maximum atomic E-state index is 11.1. The summed E-state index contributed by atoms with van der Waals surface area (Å²) >= 11 is 0. The summed E-state index contributed by atoms with van der Waals surface area (Å²) in [7, 11) is 1.79. The third-order valence-electron chi connectivity index (χ3n) is 15.7. The Kier molecular flexibility index (Phi) is 12.3. The van der Waals surface area contributed by atoms with Gasteiger partial charge in [-0.1, -0.05) is 64.8 Å². The SMILES string of the molecule is COC1C=C2[C@H](CCC(O[C@@H]3OC[C@@H](O)[C@H](O)[C@H]3O)C2(C)C)[C@]2(C)CC[C@]3(C)C(C(C)CCC=C(C)C)[C@@H](O[C@@H]4O[C@H](CO)[C@@H](O)[C@@H](O)[C@H]4O)C[C@@]3(C)C12. The Morgan fingerprint density at radius 3 is 2.22 bits per heavy atom. The molecule has 6 aliphatic rings. The van der Waals surface area contributed by atoms with E-state index < -0.39 is 67.3 Å². The van der Waals surface area contributed by atoms with Crippen molar-refractivity contribution >= 4 is 0 Å². The smallest absolute Gasteiger partial charge is 0.186 e. The zero-order valence-corrected chi connectivity index (χ0v) is 33.9. The summed E-state index contributed by atoms with van der Waals surface area (Å²) in [5.41, 5.74) is 1.52. The van der Waals surface area contributed by atoms with E-state index in [-0.39, 0.29) is 64.8 Å². The van der Waals surface area contributed by atoms with E-state index in [4.69, 9.17) is 23.7 Å². The van der Waals surface area contributed by atoms with E-state index in [9.17, 15) is 35.7 Å². The second kappa shape index (κ2) is 15.6. The number of rotatable bonds is 10. The molecule has 3 saturated carbocycles. The van der Waals surface area contributed by atoms with Crippen molar-refractivity contribution < 1.29 is 59.4 Å². The summed E-state index contributed by atoms with van der Waals surface area (Å²) < 4.78 is 31.4. The van der Waals surface area contributed by atoms with Gasteiger partial charge in [0.2, 0.25) is 0 Å². The molecule has 5 fully saturated rings. The summed E-state index contributed by atoms with van der Waals surface area (Å²) in [5.74, 6) is 0.704. The molecule has 0 aromatic carbocycles. The van der Waals surface area contributed by atoms with Crippen LogP contribution in [0.3, 0.4) is 0 Å². The van der Waals surface area contributed by atoms with Gasteiger partial charge >= 0.3 is 0 Å². The fraction of sp³-hybridized carbons (Fsp3) is 0.905. The molecule has 0 aromatic rings. The number of allylic oxidation sites excluding steroid dienone is 2. The fourth-order valence-electron chi connectivity index (χ4n) is 12.6. The summed E-state index contributed by atoms with van der Waals surface area (Å²) in [4.78, 5) is 0.